The van der Waals surface area contributed by atoms with E-state index in [1.807, 2.05) is 0 Å². The zero-order valence-corrected chi connectivity index (χ0v) is 12.6. The maximum Gasteiger partial charge on any atom is 0.134 e. The third-order valence-corrected chi connectivity index (χ3v) is 3.70. The molecule has 0 amide bonds. The SMILES string of the molecule is CCCc1nc(NCC)c(C)c(NC(C)C2CC2)n1. The third kappa shape index (κ3) is 3.58. The van der Waals surface area contributed by atoms with Gasteiger partial charge in [-0.1, -0.05) is 6.92 Å². The van der Waals surface area contributed by atoms with Crippen molar-refractivity contribution >= 4 is 11.6 Å². The van der Waals surface area contributed by atoms with Gasteiger partial charge in [-0.25, -0.2) is 9.97 Å². The molecule has 0 aliphatic heterocycles. The van der Waals surface area contributed by atoms with Crippen LogP contribution in [0.25, 0.3) is 0 Å². The topological polar surface area (TPSA) is 49.8 Å². The van der Waals surface area contributed by atoms with Gasteiger partial charge in [0.25, 0.3) is 0 Å². The summed E-state index contributed by atoms with van der Waals surface area (Å²) in [7, 11) is 0. The average Bonchev–Trinajstić information content (AvgIpc) is 3.19. The number of hydrogen-bond donors (Lipinski definition) is 2. The van der Waals surface area contributed by atoms with Crippen molar-refractivity contribution in [2.75, 3.05) is 17.2 Å². The van der Waals surface area contributed by atoms with E-state index in [1.165, 1.54) is 12.8 Å². The maximum atomic E-state index is 4.69. The fourth-order valence-corrected chi connectivity index (χ4v) is 2.31. The molecule has 1 heterocycles. The van der Waals surface area contributed by atoms with Crippen LogP contribution in [0.3, 0.4) is 0 Å². The van der Waals surface area contributed by atoms with Gasteiger partial charge in [0.2, 0.25) is 0 Å². The largest absolute Gasteiger partial charge is 0.370 e. The number of nitrogens with one attached hydrogen (secondary N) is 2. The van der Waals surface area contributed by atoms with Gasteiger partial charge < -0.3 is 10.6 Å². The van der Waals surface area contributed by atoms with Gasteiger partial charge in [0.15, 0.2) is 0 Å². The summed E-state index contributed by atoms with van der Waals surface area (Å²) in [6.45, 7) is 9.50. The Bertz CT molecular complexity index is 426. The van der Waals surface area contributed by atoms with Crippen molar-refractivity contribution in [1.82, 2.24) is 9.97 Å². The molecule has 0 bridgehead atoms. The van der Waals surface area contributed by atoms with E-state index in [-0.39, 0.29) is 0 Å². The second-order valence-corrected chi connectivity index (χ2v) is 5.51. The van der Waals surface area contributed by atoms with Crippen LogP contribution in [0.4, 0.5) is 11.6 Å². The normalized spacial score (nSPS) is 16.2. The fraction of sp³-hybridized carbons (Fsp3) is 0.733. The highest BCUT2D eigenvalue weighted by Gasteiger charge is 2.28. The molecule has 1 aliphatic rings. The van der Waals surface area contributed by atoms with Crippen LogP contribution in [-0.4, -0.2) is 22.6 Å². The van der Waals surface area contributed by atoms with Crippen molar-refractivity contribution in [1.29, 1.82) is 0 Å². The number of nitrogens with zero attached hydrogens (tertiary/aromatic N) is 2. The van der Waals surface area contributed by atoms with Crippen molar-refractivity contribution in [3.63, 3.8) is 0 Å². The molecule has 0 spiro atoms. The minimum Gasteiger partial charge on any atom is -0.370 e. The summed E-state index contributed by atoms with van der Waals surface area (Å²) in [5, 5.41) is 6.92. The lowest BCUT2D eigenvalue weighted by Crippen LogP contribution is -2.20. The van der Waals surface area contributed by atoms with Crippen molar-refractivity contribution < 1.29 is 0 Å². The van der Waals surface area contributed by atoms with Crippen molar-refractivity contribution in [2.24, 2.45) is 5.92 Å². The first-order valence-corrected chi connectivity index (χ1v) is 7.53. The summed E-state index contributed by atoms with van der Waals surface area (Å²) in [6, 6.07) is 0.512. The molecule has 1 aliphatic carbocycles. The molecule has 4 heteroatoms. The molecule has 0 radical (unpaired) electrons. The lowest BCUT2D eigenvalue weighted by molar-refractivity contribution is 0.687. The Kier molecular flexibility index (Phi) is 4.61. The predicted octanol–water partition coefficient (Wildman–Crippen LogP) is 3.38. The highest BCUT2D eigenvalue weighted by molar-refractivity contribution is 5.57. The van der Waals surface area contributed by atoms with Crippen LogP contribution in [-0.2, 0) is 6.42 Å². The van der Waals surface area contributed by atoms with Gasteiger partial charge in [-0.3, -0.25) is 0 Å². The summed E-state index contributed by atoms with van der Waals surface area (Å²) in [6.07, 6.45) is 4.71. The Balaban J connectivity index is 2.22. The second-order valence-electron chi connectivity index (χ2n) is 5.51. The van der Waals surface area contributed by atoms with E-state index in [0.29, 0.717) is 6.04 Å². The first-order chi connectivity index (χ1) is 9.15. The molecular formula is C15H26N4. The highest BCUT2D eigenvalue weighted by atomic mass is 15.1. The Hall–Kier alpha value is -1.32. The number of rotatable bonds is 7. The maximum absolute atomic E-state index is 4.69. The minimum atomic E-state index is 0.512. The molecule has 19 heavy (non-hydrogen) atoms. The summed E-state index contributed by atoms with van der Waals surface area (Å²) in [5.74, 6) is 3.75. The van der Waals surface area contributed by atoms with E-state index in [9.17, 15) is 0 Å². The van der Waals surface area contributed by atoms with E-state index in [4.69, 9.17) is 4.98 Å². The van der Waals surface area contributed by atoms with Gasteiger partial charge in [0.1, 0.15) is 17.5 Å². The van der Waals surface area contributed by atoms with Crippen LogP contribution >= 0.6 is 0 Å². The minimum absolute atomic E-state index is 0.512. The Labute approximate surface area is 116 Å². The standard InChI is InChI=1S/C15H26N4/c1-5-7-13-18-14(16-6-2)10(3)15(19-13)17-11(4)12-8-9-12/h11-12H,5-9H2,1-4H3,(H2,16,17,18,19). The second kappa shape index (κ2) is 6.22. The van der Waals surface area contributed by atoms with Crippen LogP contribution in [0.2, 0.25) is 0 Å². The van der Waals surface area contributed by atoms with E-state index in [1.54, 1.807) is 0 Å². The molecule has 0 aromatic carbocycles. The van der Waals surface area contributed by atoms with Crippen LogP contribution in [0.5, 0.6) is 0 Å². The van der Waals surface area contributed by atoms with Crippen LogP contribution in [0.15, 0.2) is 0 Å². The Morgan fingerprint density at radius 2 is 1.89 bits per heavy atom. The fourth-order valence-electron chi connectivity index (χ4n) is 2.31. The van der Waals surface area contributed by atoms with Crippen LogP contribution in [0, 0.1) is 12.8 Å². The molecule has 0 saturated heterocycles. The summed E-state index contributed by atoms with van der Waals surface area (Å²) < 4.78 is 0. The molecule has 1 saturated carbocycles. The molecule has 1 fully saturated rings. The van der Waals surface area contributed by atoms with Crippen molar-refractivity contribution in [2.45, 2.75) is 59.4 Å². The lowest BCUT2D eigenvalue weighted by Gasteiger charge is -2.18. The van der Waals surface area contributed by atoms with Gasteiger partial charge in [-0.2, -0.15) is 0 Å². The van der Waals surface area contributed by atoms with Crippen LogP contribution in [0.1, 0.15) is 51.4 Å². The highest BCUT2D eigenvalue weighted by Crippen LogP contribution is 2.34. The number of hydrogen-bond acceptors (Lipinski definition) is 4. The van der Waals surface area contributed by atoms with Gasteiger partial charge in [-0.05, 0) is 46.0 Å². The molecular weight excluding hydrogens is 236 g/mol. The molecule has 4 nitrogen and oxygen atoms in total. The average molecular weight is 262 g/mol. The Morgan fingerprint density at radius 3 is 2.47 bits per heavy atom. The monoisotopic (exact) mass is 262 g/mol. The summed E-state index contributed by atoms with van der Waals surface area (Å²) in [5.41, 5.74) is 1.13. The van der Waals surface area contributed by atoms with Gasteiger partial charge in [0, 0.05) is 24.6 Å². The van der Waals surface area contributed by atoms with Crippen molar-refractivity contribution in [3.8, 4) is 0 Å². The van der Waals surface area contributed by atoms with Gasteiger partial charge in [0.05, 0.1) is 0 Å². The molecule has 106 valence electrons. The zero-order valence-electron chi connectivity index (χ0n) is 12.6. The van der Waals surface area contributed by atoms with Gasteiger partial charge in [-0.15, -0.1) is 0 Å². The molecule has 2 N–H and O–H groups in total. The molecule has 1 aromatic heterocycles. The lowest BCUT2D eigenvalue weighted by atomic mass is 10.2. The number of anilines is 2. The molecule has 2 rings (SSSR count). The molecule has 1 atom stereocenters. The number of aryl methyl sites for hydroxylation is 1. The van der Waals surface area contributed by atoms with Gasteiger partial charge >= 0.3 is 0 Å². The van der Waals surface area contributed by atoms with E-state index >= 15 is 0 Å². The van der Waals surface area contributed by atoms with Crippen molar-refractivity contribution in [3.05, 3.63) is 11.4 Å². The van der Waals surface area contributed by atoms with E-state index in [2.05, 4.69) is 43.3 Å². The molecule has 1 unspecified atom stereocenters. The quantitative estimate of drug-likeness (QED) is 0.791. The van der Waals surface area contributed by atoms with E-state index < -0.39 is 0 Å². The first-order valence-electron chi connectivity index (χ1n) is 7.53. The van der Waals surface area contributed by atoms with E-state index in [0.717, 1.165) is 48.3 Å². The number of aromatic nitrogens is 2. The Morgan fingerprint density at radius 1 is 1.21 bits per heavy atom. The predicted molar refractivity (Wildman–Crippen MR) is 80.7 cm³/mol. The first kappa shape index (κ1) is 14.1. The smallest absolute Gasteiger partial charge is 0.134 e. The van der Waals surface area contributed by atoms with Crippen LogP contribution < -0.4 is 10.6 Å². The summed E-state index contributed by atoms with van der Waals surface area (Å²) >= 11 is 0. The summed E-state index contributed by atoms with van der Waals surface area (Å²) in [4.78, 5) is 9.31. The zero-order chi connectivity index (χ0) is 13.8. The third-order valence-electron chi connectivity index (χ3n) is 3.70. The molecule has 1 aromatic rings.